The van der Waals surface area contributed by atoms with Crippen molar-refractivity contribution < 1.29 is 4.79 Å². The number of aryl methyl sites for hydroxylation is 2. The molecule has 0 radical (unpaired) electrons. The number of carbonyl (C=O) groups is 1. The maximum atomic E-state index is 12.7. The Morgan fingerprint density at radius 1 is 1.47 bits per heavy atom. The first-order chi connectivity index (χ1) is 9.17. The maximum Gasteiger partial charge on any atom is 0.272 e. The van der Waals surface area contributed by atoms with E-state index in [9.17, 15) is 4.79 Å². The van der Waals surface area contributed by atoms with Gasteiger partial charge in [-0.3, -0.25) is 9.48 Å². The molecule has 0 aromatic carbocycles. The van der Waals surface area contributed by atoms with Gasteiger partial charge in [0.25, 0.3) is 5.91 Å². The molecule has 19 heavy (non-hydrogen) atoms. The number of aromatic nitrogens is 2. The molecule has 1 aliphatic rings. The second-order valence-corrected chi connectivity index (χ2v) is 5.06. The molecule has 1 N–H and O–H groups in total. The van der Waals surface area contributed by atoms with E-state index in [1.54, 1.807) is 4.68 Å². The molecule has 1 amide bonds. The second-order valence-electron chi connectivity index (χ2n) is 5.06. The number of hydrogen-bond donors (Lipinski definition) is 1. The molecular weight excluding hydrogens is 240 g/mol. The highest BCUT2D eigenvalue weighted by Crippen LogP contribution is 2.16. The van der Waals surface area contributed by atoms with Gasteiger partial charge in [0.15, 0.2) is 0 Å². The molecule has 0 unspecified atom stereocenters. The van der Waals surface area contributed by atoms with Crippen LogP contribution in [0.2, 0.25) is 0 Å². The van der Waals surface area contributed by atoms with Gasteiger partial charge in [0.2, 0.25) is 0 Å². The lowest BCUT2D eigenvalue weighted by molar-refractivity contribution is 0.0643. The van der Waals surface area contributed by atoms with Crippen LogP contribution in [0.3, 0.4) is 0 Å². The predicted octanol–water partition coefficient (Wildman–Crippen LogP) is 1.43. The van der Waals surface area contributed by atoms with Crippen LogP contribution in [0.4, 0.5) is 0 Å². The molecule has 106 valence electrons. The number of piperidine rings is 1. The molecule has 5 heteroatoms. The van der Waals surface area contributed by atoms with Crippen molar-refractivity contribution >= 4 is 5.91 Å². The third-order valence-electron chi connectivity index (χ3n) is 3.77. The van der Waals surface area contributed by atoms with E-state index in [0.29, 0.717) is 6.04 Å². The summed E-state index contributed by atoms with van der Waals surface area (Å²) in [5, 5.41) is 7.71. The Morgan fingerprint density at radius 3 is 2.74 bits per heavy atom. The molecule has 0 atom stereocenters. The number of nitrogens with zero attached hydrogens (tertiary/aromatic N) is 3. The number of nitrogens with one attached hydrogen (secondary N) is 1. The lowest BCUT2D eigenvalue weighted by Crippen LogP contribution is -2.46. The summed E-state index contributed by atoms with van der Waals surface area (Å²) in [6, 6.07) is 2.26. The van der Waals surface area contributed by atoms with Crippen LogP contribution in [-0.4, -0.2) is 46.3 Å². The minimum Gasteiger partial charge on any atom is -0.335 e. The zero-order valence-corrected chi connectivity index (χ0v) is 12.1. The fourth-order valence-electron chi connectivity index (χ4n) is 2.79. The van der Waals surface area contributed by atoms with Gasteiger partial charge in [0.05, 0.1) is 5.69 Å². The van der Waals surface area contributed by atoms with Crippen LogP contribution in [0.25, 0.3) is 0 Å². The molecule has 0 aliphatic carbocycles. The third kappa shape index (κ3) is 2.97. The molecule has 2 rings (SSSR count). The Morgan fingerprint density at radius 2 is 2.16 bits per heavy atom. The average molecular weight is 264 g/mol. The van der Waals surface area contributed by atoms with Gasteiger partial charge in [-0.05, 0) is 52.8 Å². The Kier molecular flexibility index (Phi) is 4.58. The first-order valence-corrected chi connectivity index (χ1v) is 7.23. The second kappa shape index (κ2) is 6.19. The van der Waals surface area contributed by atoms with Crippen LogP contribution < -0.4 is 5.32 Å². The largest absolute Gasteiger partial charge is 0.335 e. The Bertz CT molecular complexity index is 435. The van der Waals surface area contributed by atoms with E-state index in [2.05, 4.69) is 17.3 Å². The van der Waals surface area contributed by atoms with E-state index in [0.717, 1.165) is 50.4 Å². The van der Waals surface area contributed by atoms with Gasteiger partial charge in [0.1, 0.15) is 5.69 Å². The highest BCUT2D eigenvalue weighted by Gasteiger charge is 2.26. The first kappa shape index (κ1) is 14.1. The Balaban J connectivity index is 2.19. The Hall–Kier alpha value is -1.36. The molecule has 1 aliphatic heterocycles. The molecule has 0 saturated carbocycles. The summed E-state index contributed by atoms with van der Waals surface area (Å²) in [5.74, 6) is 0.122. The molecule has 0 bridgehead atoms. The van der Waals surface area contributed by atoms with Crippen molar-refractivity contribution in [1.29, 1.82) is 0 Å². The summed E-state index contributed by atoms with van der Waals surface area (Å²) >= 11 is 0. The van der Waals surface area contributed by atoms with Crippen molar-refractivity contribution in [2.75, 3.05) is 19.6 Å². The van der Waals surface area contributed by atoms with Gasteiger partial charge in [0, 0.05) is 19.1 Å². The Labute approximate surface area is 115 Å². The summed E-state index contributed by atoms with van der Waals surface area (Å²) in [6.45, 7) is 9.50. The van der Waals surface area contributed by atoms with Crippen molar-refractivity contribution in [2.45, 2.75) is 46.2 Å². The quantitative estimate of drug-likeness (QED) is 0.895. The van der Waals surface area contributed by atoms with Crippen LogP contribution in [0, 0.1) is 6.92 Å². The van der Waals surface area contributed by atoms with Crippen molar-refractivity contribution in [3.8, 4) is 0 Å². The molecular formula is C14H24N4O. The fraction of sp³-hybridized carbons (Fsp3) is 0.714. The number of carbonyl (C=O) groups excluding carboxylic acids is 1. The number of hydrogen-bond acceptors (Lipinski definition) is 3. The normalized spacial score (nSPS) is 16.6. The minimum atomic E-state index is 0.122. The van der Waals surface area contributed by atoms with Crippen LogP contribution in [0.15, 0.2) is 6.07 Å². The molecule has 1 saturated heterocycles. The SMILES string of the molecule is CCN(C(=O)c1cc(C)nn1CC)C1CCNCC1. The smallest absolute Gasteiger partial charge is 0.272 e. The lowest BCUT2D eigenvalue weighted by Gasteiger charge is -2.33. The standard InChI is InChI=1S/C14H24N4O/c1-4-17(12-6-8-15-9-7-12)14(19)13-10-11(3)16-18(13)5-2/h10,12,15H,4-9H2,1-3H3. The van der Waals surface area contributed by atoms with Crippen LogP contribution in [0.5, 0.6) is 0 Å². The number of rotatable bonds is 4. The third-order valence-corrected chi connectivity index (χ3v) is 3.77. The van der Waals surface area contributed by atoms with Crippen molar-refractivity contribution in [2.24, 2.45) is 0 Å². The van der Waals surface area contributed by atoms with Crippen LogP contribution in [-0.2, 0) is 6.54 Å². The monoisotopic (exact) mass is 264 g/mol. The van der Waals surface area contributed by atoms with Crippen molar-refractivity contribution in [3.63, 3.8) is 0 Å². The average Bonchev–Trinajstić information content (AvgIpc) is 2.82. The molecule has 0 spiro atoms. The topological polar surface area (TPSA) is 50.2 Å². The molecule has 1 fully saturated rings. The first-order valence-electron chi connectivity index (χ1n) is 7.23. The van der Waals surface area contributed by atoms with Crippen molar-refractivity contribution in [1.82, 2.24) is 20.0 Å². The predicted molar refractivity (Wildman–Crippen MR) is 75.2 cm³/mol. The summed E-state index contributed by atoms with van der Waals surface area (Å²) < 4.78 is 1.81. The van der Waals surface area contributed by atoms with Crippen LogP contribution >= 0.6 is 0 Å². The van der Waals surface area contributed by atoms with Gasteiger partial charge in [-0.25, -0.2) is 0 Å². The highest BCUT2D eigenvalue weighted by molar-refractivity contribution is 5.93. The number of amides is 1. The fourth-order valence-corrected chi connectivity index (χ4v) is 2.79. The summed E-state index contributed by atoms with van der Waals surface area (Å²) in [6.07, 6.45) is 2.08. The van der Waals surface area contributed by atoms with Gasteiger partial charge in [-0.15, -0.1) is 0 Å². The van der Waals surface area contributed by atoms with E-state index in [1.165, 1.54) is 0 Å². The van der Waals surface area contributed by atoms with Gasteiger partial charge >= 0.3 is 0 Å². The maximum absolute atomic E-state index is 12.7. The minimum absolute atomic E-state index is 0.122. The van der Waals surface area contributed by atoms with E-state index >= 15 is 0 Å². The zero-order valence-electron chi connectivity index (χ0n) is 12.1. The van der Waals surface area contributed by atoms with E-state index in [4.69, 9.17) is 0 Å². The lowest BCUT2D eigenvalue weighted by atomic mass is 10.0. The van der Waals surface area contributed by atoms with E-state index in [1.807, 2.05) is 24.8 Å². The van der Waals surface area contributed by atoms with E-state index in [-0.39, 0.29) is 5.91 Å². The van der Waals surface area contributed by atoms with E-state index < -0.39 is 0 Å². The summed E-state index contributed by atoms with van der Waals surface area (Å²) in [7, 11) is 0. The molecule has 1 aromatic heterocycles. The van der Waals surface area contributed by atoms with Crippen LogP contribution in [0.1, 0.15) is 42.9 Å². The van der Waals surface area contributed by atoms with Gasteiger partial charge < -0.3 is 10.2 Å². The van der Waals surface area contributed by atoms with Gasteiger partial charge in [-0.2, -0.15) is 5.10 Å². The van der Waals surface area contributed by atoms with Gasteiger partial charge in [-0.1, -0.05) is 0 Å². The summed E-state index contributed by atoms with van der Waals surface area (Å²) in [5.41, 5.74) is 1.63. The molecule has 5 nitrogen and oxygen atoms in total. The molecule has 2 heterocycles. The van der Waals surface area contributed by atoms with Crippen molar-refractivity contribution in [3.05, 3.63) is 17.5 Å². The zero-order chi connectivity index (χ0) is 13.8. The highest BCUT2D eigenvalue weighted by atomic mass is 16.2. The summed E-state index contributed by atoms with van der Waals surface area (Å²) in [4.78, 5) is 14.7. The molecule has 1 aromatic rings.